The zero-order valence-electron chi connectivity index (χ0n) is 14.3. The minimum absolute atomic E-state index is 0.134. The molecule has 1 aromatic carbocycles. The first-order valence-electron chi connectivity index (χ1n) is 7.85. The van der Waals surface area contributed by atoms with E-state index in [-0.39, 0.29) is 17.3 Å². The Bertz CT molecular complexity index is 771. The SMILES string of the molecule is CCc1ccc(C(=O)[C@H](C)OC(=O)c2cc(C(C)=O)cn2C)cc1. The number of esters is 1. The molecule has 0 fully saturated rings. The maximum Gasteiger partial charge on any atom is 0.355 e. The van der Waals surface area contributed by atoms with E-state index in [0.29, 0.717) is 11.1 Å². The van der Waals surface area contributed by atoms with Crippen molar-refractivity contribution in [3.63, 3.8) is 0 Å². The molecule has 0 saturated carbocycles. The number of benzene rings is 1. The van der Waals surface area contributed by atoms with E-state index in [1.807, 2.05) is 19.1 Å². The standard InChI is InChI=1S/C19H21NO4/c1-5-14-6-8-15(9-7-14)18(22)13(3)24-19(23)17-10-16(12(2)21)11-20(17)4/h6-11,13H,5H2,1-4H3/t13-/m0/s1. The number of hydrogen-bond acceptors (Lipinski definition) is 4. The van der Waals surface area contributed by atoms with E-state index in [0.717, 1.165) is 12.0 Å². The first-order valence-corrected chi connectivity index (χ1v) is 7.85. The molecular formula is C19H21NO4. The summed E-state index contributed by atoms with van der Waals surface area (Å²) in [7, 11) is 1.65. The normalized spacial score (nSPS) is 11.8. The molecule has 1 aromatic heterocycles. The van der Waals surface area contributed by atoms with Crippen molar-refractivity contribution >= 4 is 17.5 Å². The molecule has 0 saturated heterocycles. The molecule has 0 aliphatic rings. The molecule has 126 valence electrons. The number of hydrogen-bond donors (Lipinski definition) is 0. The summed E-state index contributed by atoms with van der Waals surface area (Å²) in [6.07, 6.45) is 1.56. The minimum atomic E-state index is -0.902. The summed E-state index contributed by atoms with van der Waals surface area (Å²) >= 11 is 0. The highest BCUT2D eigenvalue weighted by Crippen LogP contribution is 2.13. The summed E-state index contributed by atoms with van der Waals surface area (Å²) in [5.41, 5.74) is 2.31. The van der Waals surface area contributed by atoms with Crippen LogP contribution in [0.3, 0.4) is 0 Å². The van der Waals surface area contributed by atoms with Crippen molar-refractivity contribution in [3.8, 4) is 0 Å². The zero-order valence-corrected chi connectivity index (χ0v) is 14.3. The Morgan fingerprint density at radius 1 is 1.12 bits per heavy atom. The molecule has 0 unspecified atom stereocenters. The van der Waals surface area contributed by atoms with Crippen molar-refractivity contribution in [3.05, 3.63) is 58.9 Å². The smallest absolute Gasteiger partial charge is 0.355 e. The van der Waals surface area contributed by atoms with Gasteiger partial charge in [-0.3, -0.25) is 9.59 Å². The minimum Gasteiger partial charge on any atom is -0.450 e. The molecule has 1 heterocycles. The predicted octanol–water partition coefficient (Wildman–Crippen LogP) is 3.22. The van der Waals surface area contributed by atoms with Crippen LogP contribution in [-0.2, 0) is 18.2 Å². The van der Waals surface area contributed by atoms with Crippen molar-refractivity contribution in [2.24, 2.45) is 7.05 Å². The lowest BCUT2D eigenvalue weighted by Crippen LogP contribution is -2.25. The van der Waals surface area contributed by atoms with Gasteiger partial charge in [0.2, 0.25) is 5.78 Å². The van der Waals surface area contributed by atoms with Crippen molar-refractivity contribution in [1.82, 2.24) is 4.57 Å². The molecule has 0 radical (unpaired) electrons. The van der Waals surface area contributed by atoms with Crippen LogP contribution in [0.1, 0.15) is 57.5 Å². The summed E-state index contributed by atoms with van der Waals surface area (Å²) in [6, 6.07) is 8.72. The van der Waals surface area contributed by atoms with Gasteiger partial charge in [-0.25, -0.2) is 4.79 Å². The summed E-state index contributed by atoms with van der Waals surface area (Å²) in [5, 5.41) is 0. The van der Waals surface area contributed by atoms with Gasteiger partial charge in [0.05, 0.1) is 0 Å². The second-order valence-corrected chi connectivity index (χ2v) is 5.74. The Balaban J connectivity index is 2.10. The highest BCUT2D eigenvalue weighted by molar-refractivity contribution is 6.02. The Labute approximate surface area is 141 Å². The zero-order chi connectivity index (χ0) is 17.9. The van der Waals surface area contributed by atoms with E-state index in [1.54, 1.807) is 32.3 Å². The molecule has 5 nitrogen and oxygen atoms in total. The molecular weight excluding hydrogens is 306 g/mol. The van der Waals surface area contributed by atoms with E-state index >= 15 is 0 Å². The van der Waals surface area contributed by atoms with Gasteiger partial charge in [0.25, 0.3) is 0 Å². The van der Waals surface area contributed by atoms with Gasteiger partial charge in [0, 0.05) is 24.4 Å². The van der Waals surface area contributed by atoms with Crippen LogP contribution in [0.4, 0.5) is 0 Å². The highest BCUT2D eigenvalue weighted by atomic mass is 16.5. The molecule has 0 aliphatic carbocycles. The van der Waals surface area contributed by atoms with Gasteiger partial charge in [-0.1, -0.05) is 31.2 Å². The number of carbonyl (C=O) groups is 3. The fraction of sp³-hybridized carbons (Fsp3) is 0.316. The molecule has 0 aliphatic heterocycles. The number of ketones is 2. The quantitative estimate of drug-likeness (QED) is 0.603. The highest BCUT2D eigenvalue weighted by Gasteiger charge is 2.22. The summed E-state index contributed by atoms with van der Waals surface area (Å²) < 4.78 is 6.78. The van der Waals surface area contributed by atoms with Crippen LogP contribution < -0.4 is 0 Å². The van der Waals surface area contributed by atoms with Crippen LogP contribution >= 0.6 is 0 Å². The summed E-state index contributed by atoms with van der Waals surface area (Å²) in [6.45, 7) is 5.01. The number of ether oxygens (including phenoxy) is 1. The van der Waals surface area contributed by atoms with Gasteiger partial charge >= 0.3 is 5.97 Å². The Morgan fingerprint density at radius 3 is 2.25 bits per heavy atom. The predicted molar refractivity (Wildman–Crippen MR) is 90.4 cm³/mol. The molecule has 2 aromatic rings. The number of rotatable bonds is 6. The molecule has 2 rings (SSSR count). The largest absolute Gasteiger partial charge is 0.450 e. The first-order chi connectivity index (χ1) is 11.3. The van der Waals surface area contributed by atoms with Crippen molar-refractivity contribution in [1.29, 1.82) is 0 Å². The molecule has 0 N–H and O–H groups in total. The fourth-order valence-electron chi connectivity index (χ4n) is 2.37. The van der Waals surface area contributed by atoms with Crippen LogP contribution in [0.5, 0.6) is 0 Å². The van der Waals surface area contributed by atoms with Crippen molar-refractivity contribution in [2.45, 2.75) is 33.3 Å². The second kappa shape index (κ2) is 7.25. The van der Waals surface area contributed by atoms with Crippen LogP contribution in [0.25, 0.3) is 0 Å². The first kappa shape index (κ1) is 17.7. The lowest BCUT2D eigenvalue weighted by Gasteiger charge is -2.13. The van der Waals surface area contributed by atoms with Gasteiger partial charge in [-0.05, 0) is 31.9 Å². The lowest BCUT2D eigenvalue weighted by atomic mass is 10.0. The molecule has 0 spiro atoms. The number of carbonyl (C=O) groups excluding carboxylic acids is 3. The average molecular weight is 327 g/mol. The molecule has 0 amide bonds. The Kier molecular flexibility index (Phi) is 5.34. The van der Waals surface area contributed by atoms with Gasteiger partial charge in [0.1, 0.15) is 5.69 Å². The van der Waals surface area contributed by atoms with E-state index in [9.17, 15) is 14.4 Å². The van der Waals surface area contributed by atoms with Crippen LogP contribution in [-0.4, -0.2) is 28.2 Å². The van der Waals surface area contributed by atoms with E-state index in [2.05, 4.69) is 0 Å². The maximum atomic E-state index is 12.4. The fourth-order valence-corrected chi connectivity index (χ4v) is 2.37. The number of Topliss-reactive ketones (excluding diaryl/α,β-unsaturated/α-hetero) is 2. The van der Waals surface area contributed by atoms with Crippen LogP contribution in [0.15, 0.2) is 36.5 Å². The Hall–Kier alpha value is -2.69. The number of nitrogens with zero attached hydrogens (tertiary/aromatic N) is 1. The molecule has 5 heteroatoms. The van der Waals surface area contributed by atoms with E-state index < -0.39 is 12.1 Å². The van der Waals surface area contributed by atoms with Gasteiger partial charge in [-0.2, -0.15) is 0 Å². The lowest BCUT2D eigenvalue weighted by molar-refractivity contribution is 0.0309. The van der Waals surface area contributed by atoms with Crippen LogP contribution in [0, 0.1) is 0 Å². The van der Waals surface area contributed by atoms with E-state index in [4.69, 9.17) is 4.74 Å². The number of aromatic nitrogens is 1. The maximum absolute atomic E-state index is 12.4. The average Bonchev–Trinajstić information content (AvgIpc) is 2.96. The number of aryl methyl sites for hydroxylation is 2. The van der Waals surface area contributed by atoms with Gasteiger partial charge in [0.15, 0.2) is 11.9 Å². The third kappa shape index (κ3) is 3.79. The van der Waals surface area contributed by atoms with Crippen molar-refractivity contribution in [2.75, 3.05) is 0 Å². The molecule has 24 heavy (non-hydrogen) atoms. The molecule has 1 atom stereocenters. The summed E-state index contributed by atoms with van der Waals surface area (Å²) in [4.78, 5) is 36.0. The third-order valence-corrected chi connectivity index (χ3v) is 3.92. The Morgan fingerprint density at radius 2 is 1.75 bits per heavy atom. The topological polar surface area (TPSA) is 65.4 Å². The summed E-state index contributed by atoms with van der Waals surface area (Å²) in [5.74, 6) is -1.02. The van der Waals surface area contributed by atoms with E-state index in [1.165, 1.54) is 17.6 Å². The van der Waals surface area contributed by atoms with Gasteiger partial charge < -0.3 is 9.30 Å². The monoisotopic (exact) mass is 327 g/mol. The van der Waals surface area contributed by atoms with Crippen molar-refractivity contribution < 1.29 is 19.1 Å². The second-order valence-electron chi connectivity index (χ2n) is 5.74. The third-order valence-electron chi connectivity index (χ3n) is 3.92. The van der Waals surface area contributed by atoms with Gasteiger partial charge in [-0.15, -0.1) is 0 Å². The van der Waals surface area contributed by atoms with Crippen LogP contribution in [0.2, 0.25) is 0 Å². The molecule has 0 bridgehead atoms.